The number of aromatic amines is 1. The number of sulfonamides is 1. The molecule has 1 heterocycles. The minimum Gasteiger partial charge on any atom is -0.398 e. The van der Waals surface area contributed by atoms with Gasteiger partial charge in [-0.05, 0) is 24.3 Å². The smallest absolute Gasteiger partial charge is 0.265 e. The van der Waals surface area contributed by atoms with Crippen molar-refractivity contribution < 1.29 is 8.42 Å². The molecule has 0 aliphatic carbocycles. The molecule has 4 N–H and O–H groups in total. The van der Waals surface area contributed by atoms with Gasteiger partial charge in [0.1, 0.15) is 4.90 Å². The summed E-state index contributed by atoms with van der Waals surface area (Å²) in [5, 5.41) is 5.68. The molecule has 2 aromatic rings. The third kappa shape index (κ3) is 3.12. The summed E-state index contributed by atoms with van der Waals surface area (Å²) >= 11 is 3.19. The van der Waals surface area contributed by atoms with Gasteiger partial charge in [0.2, 0.25) is 0 Å². The maximum absolute atomic E-state index is 12.1. The molecular formula is C10H9BrN4O3S. The molecule has 0 radical (unpaired) electrons. The molecule has 0 unspecified atom stereocenters. The lowest BCUT2D eigenvalue weighted by Gasteiger charge is -2.09. The third-order valence-electron chi connectivity index (χ3n) is 2.18. The normalized spacial score (nSPS) is 11.2. The number of nitrogen functional groups attached to an aromatic ring is 1. The SMILES string of the molecule is Nc1cc(Br)ccc1S(=O)(=O)Nc1ccc(=O)[nH]n1. The van der Waals surface area contributed by atoms with E-state index in [1.54, 1.807) is 6.07 Å². The molecule has 0 saturated carbocycles. The van der Waals surface area contributed by atoms with Crippen LogP contribution < -0.4 is 16.0 Å². The maximum Gasteiger partial charge on any atom is 0.265 e. The van der Waals surface area contributed by atoms with Crippen molar-refractivity contribution in [2.45, 2.75) is 4.90 Å². The lowest BCUT2D eigenvalue weighted by molar-refractivity contribution is 0.601. The van der Waals surface area contributed by atoms with Crippen LogP contribution in [0.4, 0.5) is 11.5 Å². The van der Waals surface area contributed by atoms with E-state index in [4.69, 9.17) is 5.73 Å². The highest BCUT2D eigenvalue weighted by atomic mass is 79.9. The minimum atomic E-state index is -3.85. The van der Waals surface area contributed by atoms with E-state index >= 15 is 0 Å². The predicted molar refractivity (Wildman–Crippen MR) is 74.2 cm³/mol. The minimum absolute atomic E-state index is 0.00178. The zero-order valence-electron chi connectivity index (χ0n) is 9.42. The number of aromatic nitrogens is 2. The van der Waals surface area contributed by atoms with Gasteiger partial charge in [0.25, 0.3) is 15.6 Å². The molecule has 0 atom stereocenters. The molecule has 0 spiro atoms. The van der Waals surface area contributed by atoms with Gasteiger partial charge in [-0.2, -0.15) is 5.10 Å². The van der Waals surface area contributed by atoms with Gasteiger partial charge in [-0.3, -0.25) is 9.52 Å². The Morgan fingerprint density at radius 3 is 2.58 bits per heavy atom. The van der Waals surface area contributed by atoms with Crippen molar-refractivity contribution in [2.24, 2.45) is 0 Å². The van der Waals surface area contributed by atoms with Crippen LogP contribution in [0.15, 0.2) is 44.5 Å². The molecule has 0 aliphatic heterocycles. The van der Waals surface area contributed by atoms with Crippen molar-refractivity contribution in [3.05, 3.63) is 45.2 Å². The van der Waals surface area contributed by atoms with Gasteiger partial charge in [0.15, 0.2) is 5.82 Å². The molecular weight excluding hydrogens is 336 g/mol. The maximum atomic E-state index is 12.1. The van der Waals surface area contributed by atoms with Crippen molar-refractivity contribution in [3.63, 3.8) is 0 Å². The molecule has 0 saturated heterocycles. The summed E-state index contributed by atoms with van der Waals surface area (Å²) in [6.07, 6.45) is 0. The van der Waals surface area contributed by atoms with Gasteiger partial charge in [0.05, 0.1) is 5.69 Å². The lowest BCUT2D eigenvalue weighted by Crippen LogP contribution is -2.17. The van der Waals surface area contributed by atoms with Gasteiger partial charge in [-0.15, -0.1) is 0 Å². The Morgan fingerprint density at radius 1 is 1.26 bits per heavy atom. The number of halogens is 1. The van der Waals surface area contributed by atoms with E-state index in [9.17, 15) is 13.2 Å². The van der Waals surface area contributed by atoms with Crippen molar-refractivity contribution in [3.8, 4) is 0 Å². The molecule has 0 fully saturated rings. The van der Waals surface area contributed by atoms with Gasteiger partial charge in [-0.1, -0.05) is 15.9 Å². The summed E-state index contributed by atoms with van der Waals surface area (Å²) in [6, 6.07) is 6.83. The Bertz CT molecular complexity index is 752. The molecule has 1 aromatic heterocycles. The standard InChI is InChI=1S/C10H9BrN4O3S/c11-6-1-2-8(7(12)5-6)19(17,18)15-9-3-4-10(16)14-13-9/h1-5H,12H2,(H,13,15)(H,14,16). The van der Waals surface area contributed by atoms with E-state index in [1.807, 2.05) is 0 Å². The van der Waals surface area contributed by atoms with Crippen LogP contribution in [0.3, 0.4) is 0 Å². The van der Waals surface area contributed by atoms with E-state index in [2.05, 4.69) is 30.8 Å². The van der Waals surface area contributed by atoms with Crippen molar-refractivity contribution in [2.75, 3.05) is 10.5 Å². The number of nitrogens with two attached hydrogens (primary N) is 1. The number of anilines is 2. The number of nitrogens with one attached hydrogen (secondary N) is 2. The molecule has 2 rings (SSSR count). The quantitative estimate of drug-likeness (QED) is 0.715. The van der Waals surface area contributed by atoms with Gasteiger partial charge < -0.3 is 5.73 Å². The monoisotopic (exact) mass is 344 g/mol. The second-order valence-electron chi connectivity index (χ2n) is 3.59. The second kappa shape index (κ2) is 5.02. The van der Waals surface area contributed by atoms with Crippen LogP contribution in [0.5, 0.6) is 0 Å². The largest absolute Gasteiger partial charge is 0.398 e. The van der Waals surface area contributed by atoms with Crippen LogP contribution in [0, 0.1) is 0 Å². The lowest BCUT2D eigenvalue weighted by atomic mass is 10.3. The summed E-state index contributed by atoms with van der Waals surface area (Å²) in [5.41, 5.74) is 5.34. The Kier molecular flexibility index (Phi) is 3.58. The molecule has 1 aromatic carbocycles. The van der Waals surface area contributed by atoms with Crippen LogP contribution in [0.2, 0.25) is 0 Å². The van der Waals surface area contributed by atoms with Crippen LogP contribution in [-0.2, 0) is 10.0 Å². The third-order valence-corrected chi connectivity index (χ3v) is 4.10. The number of hydrogen-bond donors (Lipinski definition) is 3. The average molecular weight is 345 g/mol. The summed E-state index contributed by atoms with van der Waals surface area (Å²) in [4.78, 5) is 10.8. The summed E-state index contributed by atoms with van der Waals surface area (Å²) in [7, 11) is -3.85. The van der Waals surface area contributed by atoms with Crippen LogP contribution in [0.25, 0.3) is 0 Å². The molecule has 19 heavy (non-hydrogen) atoms. The predicted octanol–water partition coefficient (Wildman–Crippen LogP) is 0.915. The van der Waals surface area contributed by atoms with Crippen LogP contribution in [-0.4, -0.2) is 18.6 Å². The Labute approximate surface area is 117 Å². The first-order chi connectivity index (χ1) is 8.88. The van der Waals surface area contributed by atoms with Gasteiger partial charge in [0, 0.05) is 10.5 Å². The van der Waals surface area contributed by atoms with E-state index in [-0.39, 0.29) is 16.4 Å². The molecule has 0 bridgehead atoms. The molecule has 0 aliphatic rings. The van der Waals surface area contributed by atoms with E-state index in [1.165, 1.54) is 18.2 Å². The topological polar surface area (TPSA) is 118 Å². The summed E-state index contributed by atoms with van der Waals surface area (Å²) < 4.78 is 27.1. The Morgan fingerprint density at radius 2 is 2.00 bits per heavy atom. The number of rotatable bonds is 3. The first-order valence-electron chi connectivity index (χ1n) is 5.02. The van der Waals surface area contributed by atoms with E-state index in [0.29, 0.717) is 4.47 Å². The van der Waals surface area contributed by atoms with Crippen molar-refractivity contribution in [1.29, 1.82) is 0 Å². The van der Waals surface area contributed by atoms with E-state index < -0.39 is 15.6 Å². The Hall–Kier alpha value is -1.87. The zero-order chi connectivity index (χ0) is 14.0. The number of hydrogen-bond acceptors (Lipinski definition) is 5. The number of benzene rings is 1. The summed E-state index contributed by atoms with van der Waals surface area (Å²) in [6.45, 7) is 0. The van der Waals surface area contributed by atoms with Crippen molar-refractivity contribution >= 4 is 37.5 Å². The molecule has 7 nitrogen and oxygen atoms in total. The zero-order valence-corrected chi connectivity index (χ0v) is 11.8. The number of H-pyrrole nitrogens is 1. The van der Waals surface area contributed by atoms with Crippen LogP contribution >= 0.6 is 15.9 Å². The average Bonchev–Trinajstić information content (AvgIpc) is 2.31. The van der Waals surface area contributed by atoms with E-state index in [0.717, 1.165) is 6.07 Å². The fraction of sp³-hybridized carbons (Fsp3) is 0. The fourth-order valence-electron chi connectivity index (χ4n) is 1.36. The highest BCUT2D eigenvalue weighted by Crippen LogP contribution is 2.24. The van der Waals surface area contributed by atoms with Gasteiger partial charge in [-0.25, -0.2) is 13.5 Å². The fourth-order valence-corrected chi connectivity index (χ4v) is 2.85. The summed E-state index contributed by atoms with van der Waals surface area (Å²) in [5.74, 6) is 0.00178. The van der Waals surface area contributed by atoms with Crippen molar-refractivity contribution in [1.82, 2.24) is 10.2 Å². The van der Waals surface area contributed by atoms with Crippen LogP contribution in [0.1, 0.15) is 0 Å². The second-order valence-corrected chi connectivity index (χ2v) is 6.16. The Balaban J connectivity index is 2.37. The molecule has 100 valence electrons. The first kappa shape index (κ1) is 13.6. The highest BCUT2D eigenvalue weighted by molar-refractivity contribution is 9.10. The van der Waals surface area contributed by atoms with Gasteiger partial charge >= 0.3 is 0 Å². The number of nitrogens with zero attached hydrogens (tertiary/aromatic N) is 1. The first-order valence-corrected chi connectivity index (χ1v) is 7.30. The molecule has 0 amide bonds. The highest BCUT2D eigenvalue weighted by Gasteiger charge is 2.18. The molecule has 9 heteroatoms.